The van der Waals surface area contributed by atoms with Crippen molar-refractivity contribution in [2.24, 2.45) is 10.7 Å². The summed E-state index contributed by atoms with van der Waals surface area (Å²) in [4.78, 5) is 12.4. The van der Waals surface area contributed by atoms with Gasteiger partial charge in [-0.3, -0.25) is 4.98 Å². The zero-order valence-corrected chi connectivity index (χ0v) is 11.1. The van der Waals surface area contributed by atoms with Gasteiger partial charge in [0, 0.05) is 12.3 Å². The van der Waals surface area contributed by atoms with Gasteiger partial charge in [0.05, 0.1) is 23.5 Å². The van der Waals surface area contributed by atoms with E-state index in [1.54, 1.807) is 24.5 Å². The van der Waals surface area contributed by atoms with Crippen molar-refractivity contribution in [3.8, 4) is 11.6 Å². The zero-order chi connectivity index (χ0) is 13.7. The Hall–Kier alpha value is -2.14. The SMILES string of the molecule is Cc1cncc(Oc2cccc(N=C(N)CCl)c2)n1. The van der Waals surface area contributed by atoms with Crippen molar-refractivity contribution in [1.82, 2.24) is 9.97 Å². The number of alkyl halides is 1. The maximum Gasteiger partial charge on any atom is 0.238 e. The van der Waals surface area contributed by atoms with Crippen molar-refractivity contribution < 1.29 is 4.74 Å². The molecule has 5 nitrogen and oxygen atoms in total. The maximum absolute atomic E-state index is 5.60. The molecule has 2 rings (SSSR count). The van der Waals surface area contributed by atoms with Crippen LogP contribution in [-0.4, -0.2) is 21.7 Å². The number of benzene rings is 1. The van der Waals surface area contributed by atoms with E-state index in [1.807, 2.05) is 19.1 Å². The summed E-state index contributed by atoms with van der Waals surface area (Å²) in [6.45, 7) is 1.85. The molecule has 1 aromatic carbocycles. The zero-order valence-electron chi connectivity index (χ0n) is 10.4. The second-order valence-corrected chi connectivity index (χ2v) is 4.10. The van der Waals surface area contributed by atoms with Crippen LogP contribution in [-0.2, 0) is 0 Å². The quantitative estimate of drug-likeness (QED) is 0.529. The highest BCUT2D eigenvalue weighted by Gasteiger charge is 2.01. The number of hydrogen-bond acceptors (Lipinski definition) is 4. The number of rotatable bonds is 4. The van der Waals surface area contributed by atoms with Gasteiger partial charge >= 0.3 is 0 Å². The molecule has 0 atom stereocenters. The number of aromatic nitrogens is 2. The second kappa shape index (κ2) is 6.15. The standard InChI is InChI=1S/C13H13ClN4O/c1-9-7-16-8-13(17-9)19-11-4-2-3-10(5-11)18-12(15)6-14/h2-5,7-8H,6H2,1H3,(H2,15,18). The summed E-state index contributed by atoms with van der Waals surface area (Å²) in [5.41, 5.74) is 7.05. The molecule has 19 heavy (non-hydrogen) atoms. The lowest BCUT2D eigenvalue weighted by Crippen LogP contribution is -2.12. The molecule has 0 saturated carbocycles. The van der Waals surface area contributed by atoms with Gasteiger partial charge in [0.15, 0.2) is 0 Å². The fourth-order valence-corrected chi connectivity index (χ4v) is 1.48. The predicted octanol–water partition coefficient (Wildman–Crippen LogP) is 2.80. The van der Waals surface area contributed by atoms with Gasteiger partial charge in [-0.1, -0.05) is 6.07 Å². The lowest BCUT2D eigenvalue weighted by atomic mass is 10.3. The highest BCUT2D eigenvalue weighted by Crippen LogP contribution is 2.24. The van der Waals surface area contributed by atoms with E-state index in [2.05, 4.69) is 15.0 Å². The average Bonchev–Trinajstić information content (AvgIpc) is 2.39. The molecule has 98 valence electrons. The fraction of sp³-hybridized carbons (Fsp3) is 0.154. The summed E-state index contributed by atoms with van der Waals surface area (Å²) < 4.78 is 5.60. The lowest BCUT2D eigenvalue weighted by molar-refractivity contribution is 0.459. The van der Waals surface area contributed by atoms with E-state index >= 15 is 0 Å². The Morgan fingerprint density at radius 3 is 3.00 bits per heavy atom. The van der Waals surface area contributed by atoms with Gasteiger partial charge in [0.25, 0.3) is 0 Å². The van der Waals surface area contributed by atoms with Crippen LogP contribution in [0.1, 0.15) is 5.69 Å². The molecule has 1 heterocycles. The number of nitrogens with zero attached hydrogens (tertiary/aromatic N) is 3. The third-order valence-corrected chi connectivity index (χ3v) is 2.46. The van der Waals surface area contributed by atoms with E-state index in [0.717, 1.165) is 5.69 Å². The first-order chi connectivity index (χ1) is 9.17. The topological polar surface area (TPSA) is 73.4 Å². The Morgan fingerprint density at radius 1 is 1.42 bits per heavy atom. The van der Waals surface area contributed by atoms with Crippen molar-refractivity contribution in [2.45, 2.75) is 6.92 Å². The molecule has 6 heteroatoms. The highest BCUT2D eigenvalue weighted by atomic mass is 35.5. The van der Waals surface area contributed by atoms with E-state index in [-0.39, 0.29) is 5.88 Å². The first-order valence-electron chi connectivity index (χ1n) is 5.63. The molecule has 0 unspecified atom stereocenters. The molecule has 0 aliphatic rings. The van der Waals surface area contributed by atoms with E-state index in [9.17, 15) is 0 Å². The molecule has 0 spiro atoms. The van der Waals surface area contributed by atoms with Crippen molar-refractivity contribution >= 4 is 23.1 Å². The van der Waals surface area contributed by atoms with Crippen LogP contribution in [0.3, 0.4) is 0 Å². The van der Waals surface area contributed by atoms with Crippen LogP contribution in [0.25, 0.3) is 0 Å². The average molecular weight is 277 g/mol. The Morgan fingerprint density at radius 2 is 2.26 bits per heavy atom. The van der Waals surface area contributed by atoms with Crippen LogP contribution < -0.4 is 10.5 Å². The number of aliphatic imine (C=N–C) groups is 1. The molecule has 0 aliphatic carbocycles. The molecule has 0 bridgehead atoms. The van der Waals surface area contributed by atoms with Crippen LogP contribution in [0.5, 0.6) is 11.6 Å². The maximum atomic E-state index is 5.60. The van der Waals surface area contributed by atoms with Crippen LogP contribution >= 0.6 is 11.6 Å². The monoisotopic (exact) mass is 276 g/mol. The molecular weight excluding hydrogens is 264 g/mol. The van der Waals surface area contributed by atoms with Gasteiger partial charge in [-0.25, -0.2) is 9.98 Å². The van der Waals surface area contributed by atoms with Crippen LogP contribution in [0.2, 0.25) is 0 Å². The number of aryl methyl sites for hydroxylation is 1. The van der Waals surface area contributed by atoms with Gasteiger partial charge in [-0.05, 0) is 19.1 Å². The number of hydrogen-bond donors (Lipinski definition) is 1. The first-order valence-corrected chi connectivity index (χ1v) is 6.16. The summed E-state index contributed by atoms with van der Waals surface area (Å²) >= 11 is 5.58. The van der Waals surface area contributed by atoms with E-state index in [0.29, 0.717) is 23.2 Å². The normalized spacial score (nSPS) is 11.4. The lowest BCUT2D eigenvalue weighted by Gasteiger charge is -2.05. The first kappa shape index (κ1) is 13.3. The Labute approximate surface area is 116 Å². The number of ether oxygens (including phenoxy) is 1. The molecule has 2 aromatic rings. The molecule has 0 amide bonds. The van der Waals surface area contributed by atoms with E-state index < -0.39 is 0 Å². The minimum Gasteiger partial charge on any atom is -0.437 e. The van der Waals surface area contributed by atoms with Gasteiger partial charge in [0.1, 0.15) is 11.6 Å². The Balaban J connectivity index is 2.20. The van der Waals surface area contributed by atoms with Crippen molar-refractivity contribution in [1.29, 1.82) is 0 Å². The second-order valence-electron chi connectivity index (χ2n) is 3.83. The molecule has 0 saturated heterocycles. The van der Waals surface area contributed by atoms with E-state index in [1.165, 1.54) is 0 Å². The van der Waals surface area contributed by atoms with Crippen LogP contribution in [0, 0.1) is 6.92 Å². The van der Waals surface area contributed by atoms with Gasteiger partial charge in [0.2, 0.25) is 5.88 Å². The number of amidine groups is 1. The van der Waals surface area contributed by atoms with Gasteiger partial charge in [-0.15, -0.1) is 11.6 Å². The number of halogens is 1. The number of nitrogens with two attached hydrogens (primary N) is 1. The summed E-state index contributed by atoms with van der Waals surface area (Å²) in [5, 5.41) is 0. The van der Waals surface area contributed by atoms with Gasteiger partial charge in [-0.2, -0.15) is 0 Å². The third-order valence-electron chi connectivity index (χ3n) is 2.18. The van der Waals surface area contributed by atoms with Crippen molar-refractivity contribution in [3.63, 3.8) is 0 Å². The summed E-state index contributed by atoms with van der Waals surface area (Å²) in [5.74, 6) is 1.60. The van der Waals surface area contributed by atoms with Crippen molar-refractivity contribution in [2.75, 3.05) is 5.88 Å². The summed E-state index contributed by atoms with van der Waals surface area (Å²) in [7, 11) is 0. The minimum absolute atomic E-state index is 0.189. The third kappa shape index (κ3) is 3.93. The molecule has 2 N–H and O–H groups in total. The molecule has 1 aromatic heterocycles. The summed E-state index contributed by atoms with van der Waals surface area (Å²) in [6.07, 6.45) is 3.21. The van der Waals surface area contributed by atoms with Gasteiger partial charge < -0.3 is 10.5 Å². The van der Waals surface area contributed by atoms with Crippen molar-refractivity contribution in [3.05, 3.63) is 42.4 Å². The smallest absolute Gasteiger partial charge is 0.238 e. The van der Waals surface area contributed by atoms with E-state index in [4.69, 9.17) is 22.1 Å². The molecular formula is C13H13ClN4O. The predicted molar refractivity (Wildman–Crippen MR) is 75.3 cm³/mol. The van der Waals surface area contributed by atoms with Crippen LogP contribution in [0.4, 0.5) is 5.69 Å². The highest BCUT2D eigenvalue weighted by molar-refractivity contribution is 6.28. The Bertz CT molecular complexity index is 601. The molecule has 0 aliphatic heterocycles. The largest absolute Gasteiger partial charge is 0.437 e. The molecule has 0 fully saturated rings. The molecule has 0 radical (unpaired) electrons. The minimum atomic E-state index is 0.189. The summed E-state index contributed by atoms with van der Waals surface area (Å²) in [6, 6.07) is 7.19. The fourth-order valence-electron chi connectivity index (χ4n) is 1.42. The van der Waals surface area contributed by atoms with Crippen LogP contribution in [0.15, 0.2) is 41.7 Å². The Kier molecular flexibility index (Phi) is 4.30.